The van der Waals surface area contributed by atoms with Crippen molar-refractivity contribution in [3.63, 3.8) is 0 Å². The number of hydrogen-bond acceptors (Lipinski definition) is 3. The molecule has 1 rings (SSSR count). The Morgan fingerprint density at radius 3 is 1.57 bits per heavy atom. The molecule has 214 valence electrons. The van der Waals surface area contributed by atoms with Crippen LogP contribution in [-0.2, 0) is 10.3 Å². The Morgan fingerprint density at radius 2 is 1.14 bits per heavy atom. The van der Waals surface area contributed by atoms with Gasteiger partial charge >= 0.3 is 47.7 Å². The molecule has 1 unspecified atom stereocenters. The van der Waals surface area contributed by atoms with Crippen LogP contribution in [0, 0.1) is 0 Å². The Hall–Kier alpha value is -2.40. The smallest absolute Gasteiger partial charge is 0.460 e. The summed E-state index contributed by atoms with van der Waals surface area (Å²) in [5, 5.41) is 10.3. The zero-order valence-corrected chi connectivity index (χ0v) is 18.2. The molecule has 0 aliphatic carbocycles. The van der Waals surface area contributed by atoms with Crippen LogP contribution in [0.3, 0.4) is 0 Å². The van der Waals surface area contributed by atoms with E-state index in [1.165, 1.54) is 6.92 Å². The van der Waals surface area contributed by atoms with Crippen LogP contribution in [0.25, 0.3) is 0 Å². The van der Waals surface area contributed by atoms with E-state index in [0.717, 1.165) is 18.2 Å². The highest BCUT2D eigenvalue weighted by molar-refractivity contribution is 5.91. The highest BCUT2D eigenvalue weighted by atomic mass is 19.4. The van der Waals surface area contributed by atoms with Crippen LogP contribution >= 0.6 is 0 Å². The van der Waals surface area contributed by atoms with Crippen molar-refractivity contribution >= 4 is 5.97 Å². The summed E-state index contributed by atoms with van der Waals surface area (Å²) in [6.45, 7) is 1.06. The van der Waals surface area contributed by atoms with Crippen molar-refractivity contribution in [1.82, 2.24) is 0 Å². The second kappa shape index (κ2) is 9.41. The molecule has 1 N–H and O–H groups in total. The van der Waals surface area contributed by atoms with Gasteiger partial charge in [0.15, 0.2) is 0 Å². The topological polar surface area (TPSA) is 46.5 Å². The van der Waals surface area contributed by atoms with E-state index in [1.807, 2.05) is 0 Å². The molecule has 0 aliphatic rings. The van der Waals surface area contributed by atoms with Gasteiger partial charge in [0.25, 0.3) is 0 Å². The molecule has 0 aromatic heterocycles. The maximum atomic E-state index is 14.3. The number of halogens is 15. The van der Waals surface area contributed by atoms with Crippen molar-refractivity contribution in [2.45, 2.75) is 67.6 Å². The van der Waals surface area contributed by atoms with Crippen molar-refractivity contribution in [2.24, 2.45) is 0 Å². The molecule has 37 heavy (non-hydrogen) atoms. The molecule has 1 aromatic rings. The third kappa shape index (κ3) is 5.04. The number of hydrogen-bond donors (Lipinski definition) is 1. The van der Waals surface area contributed by atoms with Crippen LogP contribution in [0.1, 0.15) is 36.2 Å². The molecule has 3 nitrogen and oxygen atoms in total. The zero-order valence-electron chi connectivity index (χ0n) is 18.2. The van der Waals surface area contributed by atoms with E-state index in [0.29, 0.717) is 6.07 Å². The minimum atomic E-state index is -8.43. The summed E-state index contributed by atoms with van der Waals surface area (Å²) >= 11 is 0. The molecule has 0 heterocycles. The summed E-state index contributed by atoms with van der Waals surface area (Å²) in [5.41, 5.74) is -5.38. The standard InChI is InChI=1S/C19H15F15O3/c1-3-37-11(35)9-6-4-5-7-10(9)12(2,36)8-13(20,21)14(22,23)15(24,25)16(26,27)17(28,29)18(30,31)19(32,33)34/h4-7,36H,3,8H2,1-2H3. The lowest BCUT2D eigenvalue weighted by atomic mass is 9.82. The van der Waals surface area contributed by atoms with E-state index in [4.69, 9.17) is 0 Å². The second-order valence-corrected chi connectivity index (χ2v) is 7.79. The van der Waals surface area contributed by atoms with Gasteiger partial charge in [-0.2, -0.15) is 65.9 Å². The summed E-state index contributed by atoms with van der Waals surface area (Å²) in [6.07, 6.45) is -10.7. The number of carbonyl (C=O) groups is 1. The van der Waals surface area contributed by atoms with Gasteiger partial charge in [0.2, 0.25) is 0 Å². The van der Waals surface area contributed by atoms with E-state index in [-0.39, 0.29) is 13.5 Å². The first-order valence-electron chi connectivity index (χ1n) is 9.50. The Bertz CT molecular complexity index is 983. The van der Waals surface area contributed by atoms with Crippen LogP contribution in [0.15, 0.2) is 24.3 Å². The molecule has 0 fully saturated rings. The summed E-state index contributed by atoms with van der Waals surface area (Å²) < 4.78 is 205. The van der Waals surface area contributed by atoms with Crippen molar-refractivity contribution in [2.75, 3.05) is 6.61 Å². The Kier molecular flexibility index (Phi) is 8.30. The molecule has 0 bridgehead atoms. The van der Waals surface area contributed by atoms with Crippen LogP contribution in [0.5, 0.6) is 0 Å². The number of rotatable bonds is 10. The first-order valence-corrected chi connectivity index (χ1v) is 9.50. The zero-order chi connectivity index (χ0) is 29.7. The van der Waals surface area contributed by atoms with Crippen LogP contribution < -0.4 is 0 Å². The number of carbonyl (C=O) groups excluding carboxylic acids is 1. The average molecular weight is 576 g/mol. The third-order valence-corrected chi connectivity index (χ3v) is 4.96. The van der Waals surface area contributed by atoms with Gasteiger partial charge in [-0.3, -0.25) is 0 Å². The predicted molar refractivity (Wildman–Crippen MR) is 92.3 cm³/mol. The van der Waals surface area contributed by atoms with E-state index < -0.39 is 70.8 Å². The molecule has 0 amide bonds. The van der Waals surface area contributed by atoms with Gasteiger partial charge in [0, 0.05) is 0 Å². The Labute approximate surface area is 197 Å². The highest BCUT2D eigenvalue weighted by Crippen LogP contribution is 2.63. The molecule has 0 saturated heterocycles. The first-order chi connectivity index (χ1) is 16.2. The molecular weight excluding hydrogens is 561 g/mol. The Morgan fingerprint density at radius 1 is 0.730 bits per heavy atom. The summed E-state index contributed by atoms with van der Waals surface area (Å²) in [6, 6.07) is 3.29. The van der Waals surface area contributed by atoms with E-state index in [1.54, 1.807) is 0 Å². The van der Waals surface area contributed by atoms with Gasteiger partial charge in [0.1, 0.15) is 0 Å². The van der Waals surface area contributed by atoms with Crippen LogP contribution in [0.4, 0.5) is 65.9 Å². The SMILES string of the molecule is CCOC(=O)c1ccccc1C(C)(O)CC(F)(F)C(F)(F)C(F)(F)C(F)(F)C(F)(F)C(F)(F)C(F)(F)F. The minimum absolute atomic E-state index is 0.178. The summed E-state index contributed by atoms with van der Waals surface area (Å²) in [7, 11) is 0. The molecular formula is C19H15F15O3. The fourth-order valence-corrected chi connectivity index (χ4v) is 2.98. The maximum Gasteiger partial charge on any atom is 0.460 e. The number of aliphatic hydroxyl groups is 1. The second-order valence-electron chi connectivity index (χ2n) is 7.79. The quantitative estimate of drug-likeness (QED) is 0.245. The van der Waals surface area contributed by atoms with Gasteiger partial charge in [-0.1, -0.05) is 18.2 Å². The number of benzene rings is 1. The minimum Gasteiger partial charge on any atom is -0.462 e. The van der Waals surface area contributed by atoms with Crippen LogP contribution in [-0.4, -0.2) is 59.4 Å². The van der Waals surface area contributed by atoms with E-state index in [9.17, 15) is 75.8 Å². The van der Waals surface area contributed by atoms with Gasteiger partial charge < -0.3 is 9.84 Å². The molecule has 1 atom stereocenters. The lowest BCUT2D eigenvalue weighted by molar-refractivity contribution is -0.453. The monoisotopic (exact) mass is 576 g/mol. The van der Waals surface area contributed by atoms with Gasteiger partial charge in [-0.25, -0.2) is 4.79 Å². The lowest BCUT2D eigenvalue weighted by Gasteiger charge is -2.42. The molecule has 0 spiro atoms. The maximum absolute atomic E-state index is 14.3. The molecule has 0 saturated carbocycles. The number of esters is 1. The predicted octanol–water partition coefficient (Wildman–Crippen LogP) is 6.84. The highest BCUT2D eigenvalue weighted by Gasteiger charge is 2.93. The van der Waals surface area contributed by atoms with E-state index in [2.05, 4.69) is 4.74 Å². The van der Waals surface area contributed by atoms with Crippen molar-refractivity contribution < 1.29 is 80.5 Å². The normalized spacial score (nSPS) is 16.4. The molecule has 0 radical (unpaired) electrons. The van der Waals surface area contributed by atoms with Crippen molar-refractivity contribution in [3.8, 4) is 0 Å². The first kappa shape index (κ1) is 32.6. The Balaban J connectivity index is 3.61. The summed E-state index contributed by atoms with van der Waals surface area (Å²) in [4.78, 5) is 11.9. The summed E-state index contributed by atoms with van der Waals surface area (Å²) in [5.74, 6) is -49.0. The number of alkyl halides is 15. The lowest BCUT2D eigenvalue weighted by Crippen LogP contribution is -2.72. The van der Waals surface area contributed by atoms with Crippen molar-refractivity contribution in [3.05, 3.63) is 35.4 Å². The van der Waals surface area contributed by atoms with Gasteiger partial charge in [-0.05, 0) is 25.5 Å². The number of ether oxygens (including phenoxy) is 1. The molecule has 18 heteroatoms. The average Bonchev–Trinajstić information content (AvgIpc) is 2.71. The largest absolute Gasteiger partial charge is 0.462 e. The molecule has 0 aliphatic heterocycles. The molecule has 1 aromatic carbocycles. The van der Waals surface area contributed by atoms with Gasteiger partial charge in [-0.15, -0.1) is 0 Å². The van der Waals surface area contributed by atoms with Crippen LogP contribution in [0.2, 0.25) is 0 Å². The fourth-order valence-electron chi connectivity index (χ4n) is 2.98. The third-order valence-electron chi connectivity index (χ3n) is 4.96. The van der Waals surface area contributed by atoms with Crippen molar-refractivity contribution in [1.29, 1.82) is 0 Å². The van der Waals surface area contributed by atoms with Gasteiger partial charge in [0.05, 0.1) is 24.2 Å². The fraction of sp³-hybridized carbons (Fsp3) is 0.632. The van der Waals surface area contributed by atoms with E-state index >= 15 is 0 Å².